The van der Waals surface area contributed by atoms with E-state index in [0.717, 1.165) is 17.1 Å². The number of allylic oxidation sites excluding steroid dienone is 1. The van der Waals surface area contributed by atoms with E-state index in [2.05, 4.69) is 5.10 Å². The van der Waals surface area contributed by atoms with Gasteiger partial charge in [-0.1, -0.05) is 11.8 Å². The maximum atomic E-state index is 12.2. The van der Waals surface area contributed by atoms with E-state index in [4.69, 9.17) is 9.47 Å². The van der Waals surface area contributed by atoms with Crippen molar-refractivity contribution in [3.63, 3.8) is 0 Å². The van der Waals surface area contributed by atoms with Gasteiger partial charge in [0.1, 0.15) is 10.7 Å². The third kappa shape index (κ3) is 2.84. The van der Waals surface area contributed by atoms with Crippen LogP contribution >= 0.6 is 23.5 Å². The Balaban J connectivity index is 2.05. The molecule has 0 N–H and O–H groups in total. The molecule has 2 aliphatic rings. The van der Waals surface area contributed by atoms with Gasteiger partial charge in [-0.25, -0.2) is 9.80 Å². The largest absolute Gasteiger partial charge is 0.497 e. The number of ketones is 1. The average molecular weight is 393 g/mol. The molecule has 0 fully saturated rings. The van der Waals surface area contributed by atoms with Crippen LogP contribution in [0.25, 0.3) is 0 Å². The number of esters is 1. The Morgan fingerprint density at radius 2 is 1.81 bits per heavy atom. The summed E-state index contributed by atoms with van der Waals surface area (Å²) in [7, 11) is 4.83. The molecular formula is C17H19N3O4S2. The van der Waals surface area contributed by atoms with Crippen molar-refractivity contribution >= 4 is 46.0 Å². The fourth-order valence-electron chi connectivity index (χ4n) is 2.63. The SMILES string of the molecule is COC(=O)C1=C(C)N(C)C2(SC(C(C)=O)=NN2c2ccc(OC)cc2)S1. The molecule has 0 bridgehead atoms. The van der Waals surface area contributed by atoms with Crippen molar-refractivity contribution in [1.82, 2.24) is 4.90 Å². The maximum absolute atomic E-state index is 12.2. The number of carbonyl (C=O) groups is 2. The normalized spacial score (nSPS) is 22.1. The van der Waals surface area contributed by atoms with E-state index in [9.17, 15) is 9.59 Å². The summed E-state index contributed by atoms with van der Waals surface area (Å²) in [6.07, 6.45) is 0. The number of nitrogens with zero attached hydrogens (tertiary/aromatic N) is 3. The smallest absolute Gasteiger partial charge is 0.346 e. The van der Waals surface area contributed by atoms with Crippen LogP contribution in [0, 0.1) is 0 Å². The summed E-state index contributed by atoms with van der Waals surface area (Å²) in [6.45, 7) is 3.34. The molecule has 0 saturated heterocycles. The molecule has 1 unspecified atom stereocenters. The van der Waals surface area contributed by atoms with Gasteiger partial charge in [0.05, 0.1) is 19.9 Å². The van der Waals surface area contributed by atoms with Gasteiger partial charge in [-0.3, -0.25) is 4.79 Å². The Kier molecular flexibility index (Phi) is 4.94. The number of carbonyl (C=O) groups excluding carboxylic acids is 2. The Bertz CT molecular complexity index is 822. The molecule has 2 heterocycles. The monoisotopic (exact) mass is 393 g/mol. The van der Waals surface area contributed by atoms with E-state index in [1.165, 1.54) is 37.6 Å². The highest BCUT2D eigenvalue weighted by molar-refractivity contribution is 8.28. The first kappa shape index (κ1) is 18.7. The van der Waals surface area contributed by atoms with Gasteiger partial charge in [0, 0.05) is 19.7 Å². The Hall–Kier alpha value is -2.13. The first-order chi connectivity index (χ1) is 12.3. The Labute approximate surface area is 160 Å². The molecule has 0 aromatic heterocycles. The summed E-state index contributed by atoms with van der Waals surface area (Å²) in [6, 6.07) is 7.40. The summed E-state index contributed by atoms with van der Waals surface area (Å²) in [5.41, 5.74) is 1.56. The number of benzene rings is 1. The van der Waals surface area contributed by atoms with Crippen molar-refractivity contribution in [2.45, 2.75) is 18.2 Å². The van der Waals surface area contributed by atoms with Crippen LogP contribution in [-0.2, 0) is 14.3 Å². The molecule has 0 aliphatic carbocycles. The molecule has 1 spiro atoms. The lowest BCUT2D eigenvalue weighted by molar-refractivity contribution is -0.135. The summed E-state index contributed by atoms with van der Waals surface area (Å²) in [4.78, 5) is 26.6. The second kappa shape index (κ2) is 6.88. The molecule has 7 nitrogen and oxygen atoms in total. The molecule has 26 heavy (non-hydrogen) atoms. The highest BCUT2D eigenvalue weighted by atomic mass is 32.2. The molecule has 2 aliphatic heterocycles. The van der Waals surface area contributed by atoms with E-state index in [0.29, 0.717) is 9.95 Å². The van der Waals surface area contributed by atoms with Gasteiger partial charge in [-0.15, -0.1) is 0 Å². The lowest BCUT2D eigenvalue weighted by Crippen LogP contribution is -2.47. The standard InChI is InChI=1S/C17H19N3O4S2/c1-10-14(16(22)24-5)25-17(19(10)3)20(18-15(26-17)11(2)21)12-6-8-13(23-4)9-7-12/h6-9H,1-5H3. The number of anilines is 1. The lowest BCUT2D eigenvalue weighted by atomic mass is 10.3. The van der Waals surface area contributed by atoms with Crippen molar-refractivity contribution in [3.8, 4) is 5.75 Å². The summed E-state index contributed by atoms with van der Waals surface area (Å²) in [5, 5.41) is 6.68. The number of hydrogen-bond donors (Lipinski definition) is 0. The number of Topliss-reactive ketones (excluding diaryl/α,β-unsaturated/α-hetero) is 1. The quantitative estimate of drug-likeness (QED) is 0.723. The first-order valence-corrected chi connectivity index (χ1v) is 9.42. The Morgan fingerprint density at radius 1 is 1.15 bits per heavy atom. The highest BCUT2D eigenvalue weighted by Gasteiger charge is 2.56. The molecule has 0 saturated carbocycles. The lowest BCUT2D eigenvalue weighted by Gasteiger charge is -2.39. The molecule has 0 radical (unpaired) electrons. The highest BCUT2D eigenvalue weighted by Crippen LogP contribution is 2.58. The van der Waals surface area contributed by atoms with Crippen molar-refractivity contribution < 1.29 is 19.1 Å². The number of rotatable bonds is 4. The van der Waals surface area contributed by atoms with E-state index >= 15 is 0 Å². The predicted octanol–water partition coefficient (Wildman–Crippen LogP) is 2.85. The minimum absolute atomic E-state index is 0.122. The topological polar surface area (TPSA) is 71.4 Å². The molecule has 1 atom stereocenters. The predicted molar refractivity (Wildman–Crippen MR) is 104 cm³/mol. The van der Waals surface area contributed by atoms with Crippen LogP contribution in [0.3, 0.4) is 0 Å². The van der Waals surface area contributed by atoms with Crippen LogP contribution in [-0.4, -0.2) is 47.3 Å². The van der Waals surface area contributed by atoms with Gasteiger partial charge in [-0.05, 0) is 43.0 Å². The van der Waals surface area contributed by atoms with E-state index < -0.39 is 10.3 Å². The zero-order chi connectivity index (χ0) is 19.1. The van der Waals surface area contributed by atoms with Gasteiger partial charge in [0.25, 0.3) is 0 Å². The van der Waals surface area contributed by atoms with Gasteiger partial charge in [0.15, 0.2) is 10.8 Å². The van der Waals surface area contributed by atoms with Crippen LogP contribution in [0.5, 0.6) is 5.75 Å². The van der Waals surface area contributed by atoms with Crippen molar-refractivity contribution in [1.29, 1.82) is 0 Å². The van der Waals surface area contributed by atoms with Crippen LogP contribution in [0.1, 0.15) is 13.8 Å². The van der Waals surface area contributed by atoms with Gasteiger partial charge in [0.2, 0.25) is 4.33 Å². The third-order valence-corrected chi connectivity index (χ3v) is 7.32. The van der Waals surface area contributed by atoms with Crippen LogP contribution in [0.2, 0.25) is 0 Å². The summed E-state index contributed by atoms with van der Waals surface area (Å²) < 4.78 is 9.32. The maximum Gasteiger partial charge on any atom is 0.346 e. The van der Waals surface area contributed by atoms with Gasteiger partial charge >= 0.3 is 5.97 Å². The summed E-state index contributed by atoms with van der Waals surface area (Å²) >= 11 is 2.65. The number of hydrazone groups is 1. The number of thioether (sulfide) groups is 2. The fourth-order valence-corrected chi connectivity index (χ4v) is 5.53. The van der Waals surface area contributed by atoms with Crippen molar-refractivity contribution in [3.05, 3.63) is 34.9 Å². The van der Waals surface area contributed by atoms with E-state index in [1.54, 1.807) is 12.1 Å². The molecule has 3 rings (SSSR count). The first-order valence-electron chi connectivity index (χ1n) is 7.79. The molecule has 9 heteroatoms. The Morgan fingerprint density at radius 3 is 2.35 bits per heavy atom. The van der Waals surface area contributed by atoms with Gasteiger partial charge in [-0.2, -0.15) is 5.10 Å². The minimum atomic E-state index is -0.802. The second-order valence-electron chi connectivity index (χ2n) is 5.69. The fraction of sp³-hybridized carbons (Fsp3) is 0.353. The molecular weight excluding hydrogens is 374 g/mol. The van der Waals surface area contributed by atoms with Crippen LogP contribution in [0.4, 0.5) is 5.69 Å². The third-order valence-electron chi connectivity index (χ3n) is 4.17. The molecule has 1 aromatic rings. The second-order valence-corrected chi connectivity index (χ2v) is 8.29. The number of ether oxygens (including phenoxy) is 2. The van der Waals surface area contributed by atoms with Crippen LogP contribution in [0.15, 0.2) is 40.0 Å². The zero-order valence-electron chi connectivity index (χ0n) is 15.1. The van der Waals surface area contributed by atoms with Crippen molar-refractivity contribution in [2.24, 2.45) is 5.10 Å². The number of methoxy groups -OCH3 is 2. The van der Waals surface area contributed by atoms with E-state index in [1.807, 2.05) is 43.1 Å². The van der Waals surface area contributed by atoms with Gasteiger partial charge < -0.3 is 14.4 Å². The minimum Gasteiger partial charge on any atom is -0.497 e. The molecule has 138 valence electrons. The average Bonchev–Trinajstić information content (AvgIpc) is 3.15. The van der Waals surface area contributed by atoms with Crippen molar-refractivity contribution in [2.75, 3.05) is 26.3 Å². The van der Waals surface area contributed by atoms with E-state index in [-0.39, 0.29) is 5.78 Å². The number of hydrogen-bond acceptors (Lipinski definition) is 9. The molecule has 1 aromatic carbocycles. The summed E-state index contributed by atoms with van der Waals surface area (Å²) in [5.74, 6) is 0.203. The zero-order valence-corrected chi connectivity index (χ0v) is 16.7. The van der Waals surface area contributed by atoms with Crippen LogP contribution < -0.4 is 9.75 Å². The molecule has 0 amide bonds.